The molecule has 1 aliphatic heterocycles. The van der Waals surface area contributed by atoms with Crippen LogP contribution in [0, 0.1) is 0 Å². The summed E-state index contributed by atoms with van der Waals surface area (Å²) in [5.41, 5.74) is 7.56. The number of ether oxygens (including phenoxy) is 2. The van der Waals surface area contributed by atoms with Gasteiger partial charge in [-0.25, -0.2) is 4.79 Å². The van der Waals surface area contributed by atoms with Gasteiger partial charge < -0.3 is 22.8 Å². The average Bonchev–Trinajstić information content (AvgIpc) is 2.96. The van der Waals surface area contributed by atoms with Crippen molar-refractivity contribution in [2.75, 3.05) is 13.7 Å². The Hall–Kier alpha value is -0.729. The summed E-state index contributed by atoms with van der Waals surface area (Å²) < 4.78 is 31.9. The predicted octanol–water partition coefficient (Wildman–Crippen LogP) is 7.37. The van der Waals surface area contributed by atoms with Gasteiger partial charge in [0, 0.05) is 4.91 Å². The summed E-state index contributed by atoms with van der Waals surface area (Å²) in [5.74, 6) is -0.798. The maximum absolute atomic E-state index is 13.3. The van der Waals surface area contributed by atoms with E-state index in [2.05, 4.69) is 112 Å². The molecule has 0 aliphatic carbocycles. The lowest BCUT2D eigenvalue weighted by molar-refractivity contribution is -0.175. The van der Waals surface area contributed by atoms with Crippen LogP contribution in [0.3, 0.4) is 0 Å². The van der Waals surface area contributed by atoms with Crippen LogP contribution in [0.25, 0.3) is 10.4 Å². The van der Waals surface area contributed by atoms with E-state index in [1.165, 1.54) is 7.11 Å². The van der Waals surface area contributed by atoms with Crippen LogP contribution >= 0.6 is 0 Å². The van der Waals surface area contributed by atoms with E-state index in [0.29, 0.717) is 0 Å². The van der Waals surface area contributed by atoms with Crippen LogP contribution in [-0.4, -0.2) is 68.7 Å². The lowest BCUT2D eigenvalue weighted by Crippen LogP contribution is -2.59. The second-order valence-electron chi connectivity index (χ2n) is 14.7. The first-order chi connectivity index (χ1) is 16.3. The third-order valence-corrected chi connectivity index (χ3v) is 22.4. The van der Waals surface area contributed by atoms with Gasteiger partial charge in [0.1, 0.15) is 18.3 Å². The molecule has 0 bridgehead atoms. The minimum Gasteiger partial charge on any atom is -0.467 e. The number of rotatable bonds is 9. The van der Waals surface area contributed by atoms with Crippen molar-refractivity contribution in [3.05, 3.63) is 10.4 Å². The van der Waals surface area contributed by atoms with E-state index < -0.39 is 55.0 Å². The van der Waals surface area contributed by atoms with Gasteiger partial charge in [0.05, 0.1) is 13.7 Å². The van der Waals surface area contributed by atoms with Crippen molar-refractivity contribution >= 4 is 30.9 Å². The van der Waals surface area contributed by atoms with Gasteiger partial charge in [-0.15, -0.1) is 0 Å². The molecular weight excluding hydrogens is 523 g/mol. The van der Waals surface area contributed by atoms with E-state index in [1.54, 1.807) is 0 Å². The van der Waals surface area contributed by atoms with Crippen molar-refractivity contribution in [1.29, 1.82) is 0 Å². The second kappa shape index (κ2) is 11.0. The zero-order chi connectivity index (χ0) is 29.5. The Morgan fingerprint density at radius 3 is 1.68 bits per heavy atom. The van der Waals surface area contributed by atoms with Gasteiger partial charge in [-0.2, -0.15) is 0 Å². The molecule has 1 heterocycles. The highest BCUT2D eigenvalue weighted by Gasteiger charge is 2.65. The molecule has 4 atom stereocenters. The molecular formula is C25H53N3O6Si3. The number of carbonyl (C=O) groups is 1. The monoisotopic (exact) mass is 575 g/mol. The number of hydrogen-bond acceptors (Lipinski definition) is 7. The highest BCUT2D eigenvalue weighted by Crippen LogP contribution is 2.48. The molecule has 1 rings (SSSR count). The van der Waals surface area contributed by atoms with E-state index in [0.717, 1.165) is 0 Å². The summed E-state index contributed by atoms with van der Waals surface area (Å²) in [4.78, 5) is 16.4. The van der Waals surface area contributed by atoms with E-state index in [-0.39, 0.29) is 21.7 Å². The Morgan fingerprint density at radius 2 is 1.30 bits per heavy atom. The Labute approximate surface area is 228 Å². The molecule has 0 amide bonds. The molecule has 1 saturated heterocycles. The van der Waals surface area contributed by atoms with Gasteiger partial charge >= 0.3 is 5.97 Å². The molecule has 0 radical (unpaired) electrons. The van der Waals surface area contributed by atoms with Crippen LogP contribution in [0.2, 0.25) is 54.4 Å². The highest BCUT2D eigenvalue weighted by atomic mass is 28.4. The molecule has 1 aliphatic rings. The molecule has 37 heavy (non-hydrogen) atoms. The molecule has 0 aromatic heterocycles. The second-order valence-corrected chi connectivity index (χ2v) is 29.1. The lowest BCUT2D eigenvalue weighted by Gasteiger charge is -2.45. The zero-order valence-electron chi connectivity index (χ0n) is 26.2. The molecule has 216 valence electrons. The third kappa shape index (κ3) is 7.27. The van der Waals surface area contributed by atoms with Gasteiger partial charge in [0.25, 0.3) is 5.72 Å². The molecule has 0 saturated carbocycles. The number of hydrogen-bond donors (Lipinski definition) is 0. The summed E-state index contributed by atoms with van der Waals surface area (Å²) in [6.45, 7) is 32.3. The van der Waals surface area contributed by atoms with Crippen molar-refractivity contribution in [2.45, 2.75) is 141 Å². The van der Waals surface area contributed by atoms with Gasteiger partial charge in [-0.1, -0.05) is 62.3 Å². The first-order valence-corrected chi connectivity index (χ1v) is 21.8. The van der Waals surface area contributed by atoms with Gasteiger partial charge in [-0.3, -0.25) is 0 Å². The Kier molecular flexibility index (Phi) is 10.2. The van der Waals surface area contributed by atoms with Crippen LogP contribution in [0.4, 0.5) is 0 Å². The fourth-order valence-corrected chi connectivity index (χ4v) is 6.82. The standard InChI is InChI=1S/C25H53N3O6Si3/c1-22(2,3)35(11,12)31-17-18-19(33-36(13,14)23(4,5)6)20(34-37(15,16)24(7,8)9)25(32-18,27-28-26)21(29)30-10/h18-20H,17H2,1-16H3/t18-,19-,20+,25?/m1/s1. The maximum Gasteiger partial charge on any atom is 0.347 e. The third-order valence-electron chi connectivity index (χ3n) is 8.93. The highest BCUT2D eigenvalue weighted by molar-refractivity contribution is 6.75. The fourth-order valence-electron chi connectivity index (χ4n) is 3.21. The first-order valence-electron chi connectivity index (χ1n) is 13.1. The molecule has 1 unspecified atom stereocenters. The minimum atomic E-state index is -2.50. The molecule has 0 spiro atoms. The van der Waals surface area contributed by atoms with E-state index in [9.17, 15) is 10.3 Å². The normalized spacial score (nSPS) is 26.1. The zero-order valence-corrected chi connectivity index (χ0v) is 29.2. The van der Waals surface area contributed by atoms with Crippen LogP contribution in [0.5, 0.6) is 0 Å². The molecule has 0 aromatic carbocycles. The van der Waals surface area contributed by atoms with Gasteiger partial charge in [0.2, 0.25) is 0 Å². The Balaban J connectivity index is 3.79. The summed E-state index contributed by atoms with van der Waals surface area (Å²) >= 11 is 0. The molecule has 1 fully saturated rings. The molecule has 0 aromatic rings. The number of esters is 1. The van der Waals surface area contributed by atoms with E-state index >= 15 is 0 Å². The smallest absolute Gasteiger partial charge is 0.347 e. The van der Waals surface area contributed by atoms with E-state index in [4.69, 9.17) is 22.8 Å². The number of nitrogens with zero attached hydrogens (tertiary/aromatic N) is 3. The van der Waals surface area contributed by atoms with Gasteiger partial charge in [0.15, 0.2) is 25.0 Å². The summed E-state index contributed by atoms with van der Waals surface area (Å²) in [7, 11) is -5.80. The Morgan fingerprint density at radius 1 is 0.865 bits per heavy atom. The summed E-state index contributed by atoms with van der Waals surface area (Å²) in [6.07, 6.45) is -2.37. The van der Waals surface area contributed by atoms with Crippen LogP contribution in [-0.2, 0) is 27.5 Å². The SMILES string of the molecule is COC(=O)C1(N=[N+]=[N-])O[C@H](CO[Si](C)(C)C(C)(C)C)[C@@H](O[Si](C)(C)C(C)(C)C)[C@@H]1O[Si](C)(C)C(C)(C)C. The quantitative estimate of drug-likeness (QED) is 0.0932. The van der Waals surface area contributed by atoms with Gasteiger partial charge in [-0.05, 0) is 65.0 Å². The largest absolute Gasteiger partial charge is 0.467 e. The minimum absolute atomic E-state index is 0.0251. The van der Waals surface area contributed by atoms with Crippen molar-refractivity contribution in [3.8, 4) is 0 Å². The number of methoxy groups -OCH3 is 1. The van der Waals surface area contributed by atoms with Crippen molar-refractivity contribution in [1.82, 2.24) is 0 Å². The first kappa shape index (κ1) is 34.3. The number of azide groups is 1. The van der Waals surface area contributed by atoms with Crippen LogP contribution in [0.15, 0.2) is 5.11 Å². The summed E-state index contributed by atoms with van der Waals surface area (Å²) in [5, 5.41) is 3.61. The maximum atomic E-state index is 13.3. The molecule has 9 nitrogen and oxygen atoms in total. The van der Waals surface area contributed by atoms with Crippen LogP contribution in [0.1, 0.15) is 62.3 Å². The lowest BCUT2D eigenvalue weighted by atomic mass is 10.0. The average molecular weight is 576 g/mol. The van der Waals surface area contributed by atoms with E-state index in [1.807, 2.05) is 0 Å². The topological polar surface area (TPSA) is 112 Å². The predicted molar refractivity (Wildman–Crippen MR) is 156 cm³/mol. The van der Waals surface area contributed by atoms with Crippen molar-refractivity contribution in [3.63, 3.8) is 0 Å². The fraction of sp³-hybridized carbons (Fsp3) is 0.960. The van der Waals surface area contributed by atoms with Crippen molar-refractivity contribution in [2.24, 2.45) is 5.11 Å². The number of carbonyl (C=O) groups excluding carboxylic acids is 1. The van der Waals surface area contributed by atoms with Crippen LogP contribution < -0.4 is 0 Å². The van der Waals surface area contributed by atoms with Crippen molar-refractivity contribution < 1.29 is 27.5 Å². The summed E-state index contributed by atoms with van der Waals surface area (Å²) in [6, 6.07) is 0. The molecule has 0 N–H and O–H groups in total. The Bertz CT molecular complexity index is 870. The molecule has 12 heteroatoms.